The van der Waals surface area contributed by atoms with E-state index in [0.717, 1.165) is 16.5 Å². The molecule has 2 N–H and O–H groups in total. The third-order valence-corrected chi connectivity index (χ3v) is 7.16. The lowest BCUT2D eigenvalue weighted by Crippen LogP contribution is -2.45. The number of phenols is 1. The van der Waals surface area contributed by atoms with Crippen molar-refractivity contribution < 1.29 is 19.4 Å². The lowest BCUT2D eigenvalue weighted by Gasteiger charge is -2.31. The molecule has 0 saturated carbocycles. The summed E-state index contributed by atoms with van der Waals surface area (Å²) in [5, 5.41) is 22.8. The van der Waals surface area contributed by atoms with Crippen molar-refractivity contribution in [3.05, 3.63) is 120 Å². The first kappa shape index (κ1) is 27.4. The fourth-order valence-corrected chi connectivity index (χ4v) is 5.04. The first-order valence-electron chi connectivity index (χ1n) is 13.7. The molecule has 0 unspecified atom stereocenters. The van der Waals surface area contributed by atoms with Gasteiger partial charge in [0.1, 0.15) is 18.1 Å². The summed E-state index contributed by atoms with van der Waals surface area (Å²) >= 11 is 0. The highest BCUT2D eigenvalue weighted by Crippen LogP contribution is 2.35. The maximum atomic E-state index is 14.3. The van der Waals surface area contributed by atoms with Crippen LogP contribution >= 0.6 is 0 Å². The van der Waals surface area contributed by atoms with Gasteiger partial charge in [-0.3, -0.25) is 19.5 Å². The van der Waals surface area contributed by atoms with Gasteiger partial charge in [0.2, 0.25) is 11.8 Å². The number of hydrogen-bond acceptors (Lipinski definition) is 7. The monoisotopic (exact) mass is 572 g/mol. The molecule has 43 heavy (non-hydrogen) atoms. The highest BCUT2D eigenvalue weighted by molar-refractivity contribution is 6.02. The molecular formula is C33H28N6O4. The minimum Gasteiger partial charge on any atom is -0.504 e. The normalized spacial score (nSPS) is 11.7. The van der Waals surface area contributed by atoms with Gasteiger partial charge in [-0.2, -0.15) is 0 Å². The molecule has 2 amide bonds. The van der Waals surface area contributed by atoms with Gasteiger partial charge in [0.05, 0.1) is 30.0 Å². The lowest BCUT2D eigenvalue weighted by molar-refractivity contribution is -0.127. The molecule has 0 bridgehead atoms. The lowest BCUT2D eigenvalue weighted by atomic mass is 10.0. The first-order chi connectivity index (χ1) is 21.0. The van der Waals surface area contributed by atoms with Gasteiger partial charge in [-0.25, -0.2) is 4.68 Å². The average molecular weight is 573 g/mol. The number of aromatic hydroxyl groups is 1. The van der Waals surface area contributed by atoms with Crippen LogP contribution in [0.3, 0.4) is 0 Å². The van der Waals surface area contributed by atoms with Crippen LogP contribution in [-0.2, 0) is 22.7 Å². The van der Waals surface area contributed by atoms with Crippen LogP contribution in [0.15, 0.2) is 109 Å². The molecule has 0 radical (unpaired) electrons. The Morgan fingerprint density at radius 3 is 2.47 bits per heavy atom. The van der Waals surface area contributed by atoms with Crippen LogP contribution in [0.1, 0.15) is 17.2 Å². The van der Waals surface area contributed by atoms with Crippen molar-refractivity contribution in [1.82, 2.24) is 25.3 Å². The summed E-state index contributed by atoms with van der Waals surface area (Å²) in [7, 11) is 1.44. The third-order valence-electron chi connectivity index (χ3n) is 7.16. The SMILES string of the molecule is COc1ccc([C@H](C(=O)NCc2ccccc2)N(C(=O)Cn2nnc3ccccc32)c2cnc3ccccc3c2)cc1O. The van der Waals surface area contributed by atoms with Gasteiger partial charge in [-0.15, -0.1) is 5.10 Å². The first-order valence-corrected chi connectivity index (χ1v) is 13.7. The number of nitrogens with zero attached hydrogens (tertiary/aromatic N) is 5. The second-order valence-corrected chi connectivity index (χ2v) is 9.92. The van der Waals surface area contributed by atoms with E-state index in [1.807, 2.05) is 84.9 Å². The van der Waals surface area contributed by atoms with E-state index >= 15 is 0 Å². The van der Waals surface area contributed by atoms with Crippen molar-refractivity contribution in [3.63, 3.8) is 0 Å². The van der Waals surface area contributed by atoms with Gasteiger partial charge in [0, 0.05) is 11.9 Å². The zero-order valence-corrected chi connectivity index (χ0v) is 23.3. The van der Waals surface area contributed by atoms with Gasteiger partial charge in [0.15, 0.2) is 11.5 Å². The minimum absolute atomic E-state index is 0.160. The number of para-hydroxylation sites is 2. The predicted octanol–water partition coefficient (Wildman–Crippen LogP) is 4.78. The van der Waals surface area contributed by atoms with E-state index in [4.69, 9.17) is 4.74 Å². The molecule has 10 heteroatoms. The number of aromatic nitrogens is 4. The minimum atomic E-state index is -1.18. The fourth-order valence-electron chi connectivity index (χ4n) is 5.04. The number of fused-ring (bicyclic) bond motifs is 2. The highest BCUT2D eigenvalue weighted by atomic mass is 16.5. The van der Waals surface area contributed by atoms with Crippen molar-refractivity contribution >= 4 is 39.4 Å². The van der Waals surface area contributed by atoms with Crippen LogP contribution in [0.4, 0.5) is 5.69 Å². The number of methoxy groups -OCH3 is 1. The van der Waals surface area contributed by atoms with Crippen molar-refractivity contribution in [2.75, 3.05) is 12.0 Å². The molecule has 0 aliphatic carbocycles. The fraction of sp³-hybridized carbons (Fsp3) is 0.121. The molecule has 0 aliphatic rings. The van der Waals surface area contributed by atoms with Crippen molar-refractivity contribution in [1.29, 1.82) is 0 Å². The molecule has 0 saturated heterocycles. The molecular weight excluding hydrogens is 544 g/mol. The zero-order chi connectivity index (χ0) is 29.8. The molecule has 10 nitrogen and oxygen atoms in total. The third kappa shape index (κ3) is 5.71. The van der Waals surface area contributed by atoms with Crippen LogP contribution in [0.5, 0.6) is 11.5 Å². The summed E-state index contributed by atoms with van der Waals surface area (Å²) in [6.45, 7) is 0.0436. The number of amides is 2. The number of anilines is 1. The van der Waals surface area contributed by atoms with Crippen molar-refractivity contribution in [2.45, 2.75) is 19.1 Å². The predicted molar refractivity (Wildman–Crippen MR) is 162 cm³/mol. The topological polar surface area (TPSA) is 122 Å². The Kier molecular flexibility index (Phi) is 7.64. The van der Waals surface area contributed by atoms with Crippen LogP contribution < -0.4 is 15.0 Å². The molecule has 1 atom stereocenters. The van der Waals surface area contributed by atoms with Gasteiger partial charge < -0.3 is 15.2 Å². The summed E-state index contributed by atoms with van der Waals surface area (Å²) in [5.74, 6) is -0.792. The van der Waals surface area contributed by atoms with Crippen LogP contribution in [0.25, 0.3) is 21.9 Å². The number of hydrogen-bond donors (Lipinski definition) is 2. The number of pyridine rings is 1. The molecule has 6 aromatic rings. The molecule has 0 spiro atoms. The molecule has 6 rings (SSSR count). The van der Waals surface area contributed by atoms with E-state index in [2.05, 4.69) is 20.6 Å². The number of benzene rings is 4. The number of nitrogens with one attached hydrogen (secondary N) is 1. The van der Waals surface area contributed by atoms with Crippen molar-refractivity contribution in [3.8, 4) is 11.5 Å². The summed E-state index contributed by atoms with van der Waals surface area (Å²) < 4.78 is 6.74. The van der Waals surface area contributed by atoms with Gasteiger partial charge in [-0.05, 0) is 47.5 Å². The Labute approximate surface area is 247 Å². The number of rotatable bonds is 9. The Hall–Kier alpha value is -5.77. The molecule has 0 aliphatic heterocycles. The van der Waals surface area contributed by atoms with E-state index in [1.165, 1.54) is 22.8 Å². The molecule has 0 fully saturated rings. The summed E-state index contributed by atoms with van der Waals surface area (Å²) in [6, 6.07) is 29.6. The molecule has 2 aromatic heterocycles. The summed E-state index contributed by atoms with van der Waals surface area (Å²) in [4.78, 5) is 34.4. The standard InChI is InChI=1S/C33H28N6O4/c1-43-30-16-15-24(18-29(30)40)32(33(42)35-19-22-9-3-2-4-10-22)39(25-17-23-11-5-6-12-26(23)34-20-25)31(41)21-38-28-14-8-7-13-27(28)36-37-38/h2-18,20,32,40H,19,21H2,1H3,(H,35,42)/t32-/m1/s1. The van der Waals surface area contributed by atoms with E-state index in [1.54, 1.807) is 18.3 Å². The Morgan fingerprint density at radius 1 is 0.930 bits per heavy atom. The second-order valence-electron chi connectivity index (χ2n) is 9.92. The number of carbonyl (C=O) groups excluding carboxylic acids is 2. The Balaban J connectivity index is 1.46. The zero-order valence-electron chi connectivity index (χ0n) is 23.3. The van der Waals surface area contributed by atoms with Gasteiger partial charge in [-0.1, -0.05) is 71.9 Å². The van der Waals surface area contributed by atoms with Crippen LogP contribution in [-0.4, -0.2) is 44.0 Å². The maximum Gasteiger partial charge on any atom is 0.249 e. The number of phenolic OH excluding ortho intramolecular Hbond substituents is 1. The van der Waals surface area contributed by atoms with Crippen LogP contribution in [0.2, 0.25) is 0 Å². The number of carbonyl (C=O) groups is 2. The van der Waals surface area contributed by atoms with Crippen molar-refractivity contribution in [2.24, 2.45) is 0 Å². The maximum absolute atomic E-state index is 14.3. The summed E-state index contributed by atoms with van der Waals surface area (Å²) in [6.07, 6.45) is 1.57. The largest absolute Gasteiger partial charge is 0.504 e. The summed E-state index contributed by atoms with van der Waals surface area (Å²) in [5.41, 5.74) is 3.75. The quantitative estimate of drug-likeness (QED) is 0.256. The smallest absolute Gasteiger partial charge is 0.249 e. The van der Waals surface area contributed by atoms with Gasteiger partial charge >= 0.3 is 0 Å². The van der Waals surface area contributed by atoms with Crippen LogP contribution in [0, 0.1) is 0 Å². The van der Waals surface area contributed by atoms with E-state index in [0.29, 0.717) is 22.3 Å². The molecule has 4 aromatic carbocycles. The van der Waals surface area contributed by atoms with E-state index < -0.39 is 17.9 Å². The second kappa shape index (κ2) is 12.0. The average Bonchev–Trinajstić information content (AvgIpc) is 3.45. The van der Waals surface area contributed by atoms with E-state index in [9.17, 15) is 14.7 Å². The van der Waals surface area contributed by atoms with E-state index in [-0.39, 0.29) is 24.6 Å². The molecule has 214 valence electrons. The highest BCUT2D eigenvalue weighted by Gasteiger charge is 2.34. The number of ether oxygens (including phenoxy) is 1. The molecule has 2 heterocycles. The van der Waals surface area contributed by atoms with Gasteiger partial charge in [0.25, 0.3) is 0 Å². The Bertz CT molecular complexity index is 1920. The Morgan fingerprint density at radius 2 is 1.67 bits per heavy atom.